The van der Waals surface area contributed by atoms with E-state index in [2.05, 4.69) is 10.6 Å². The predicted octanol–water partition coefficient (Wildman–Crippen LogP) is 3.69. The monoisotopic (exact) mass is 298 g/mol. The van der Waals surface area contributed by atoms with E-state index < -0.39 is 6.10 Å². The lowest BCUT2D eigenvalue weighted by molar-refractivity contribution is -0.121. The molecule has 2 aliphatic heterocycles. The lowest BCUT2D eigenvalue weighted by atomic mass is 10.0. The van der Waals surface area contributed by atoms with Gasteiger partial charge in [0.05, 0.1) is 11.4 Å². The number of ketones is 1. The fraction of sp³-hybridized carbons (Fsp3) is 0.0625. The summed E-state index contributed by atoms with van der Waals surface area (Å²) in [4.78, 5) is 12.5. The van der Waals surface area contributed by atoms with Crippen molar-refractivity contribution in [1.29, 1.82) is 0 Å². The van der Waals surface area contributed by atoms with Crippen LogP contribution in [0.15, 0.2) is 60.1 Å². The van der Waals surface area contributed by atoms with E-state index in [4.69, 9.17) is 16.3 Å². The summed E-state index contributed by atoms with van der Waals surface area (Å²) >= 11 is 5.88. The van der Waals surface area contributed by atoms with E-state index in [1.807, 2.05) is 24.3 Å². The highest BCUT2D eigenvalue weighted by Gasteiger charge is 2.38. The molecule has 104 valence electrons. The molecule has 0 radical (unpaired) electrons. The number of halogens is 1. The number of fused-ring (bicyclic) bond motifs is 1. The molecule has 2 N–H and O–H groups in total. The van der Waals surface area contributed by atoms with Crippen LogP contribution >= 0.6 is 11.6 Å². The number of benzene rings is 2. The molecule has 2 aliphatic rings. The summed E-state index contributed by atoms with van der Waals surface area (Å²) in [5, 5.41) is 6.91. The van der Waals surface area contributed by atoms with Crippen LogP contribution in [0.5, 0.6) is 0 Å². The Morgan fingerprint density at radius 1 is 0.952 bits per heavy atom. The molecule has 2 aromatic rings. The molecule has 0 saturated heterocycles. The number of rotatable bonds is 1. The van der Waals surface area contributed by atoms with Crippen molar-refractivity contribution in [2.45, 2.75) is 6.10 Å². The number of nitrogens with one attached hydrogen (secondary N) is 2. The van der Waals surface area contributed by atoms with Gasteiger partial charge in [-0.05, 0) is 24.3 Å². The molecule has 0 fully saturated rings. The molecule has 0 bridgehead atoms. The number of hydrogen-bond donors (Lipinski definition) is 2. The van der Waals surface area contributed by atoms with Gasteiger partial charge in [0.25, 0.3) is 0 Å². The summed E-state index contributed by atoms with van der Waals surface area (Å²) in [6.45, 7) is 0. The minimum atomic E-state index is -0.637. The Morgan fingerprint density at radius 2 is 1.62 bits per heavy atom. The lowest BCUT2D eigenvalue weighted by Crippen LogP contribution is -2.17. The molecule has 1 atom stereocenters. The SMILES string of the molecule is O=C1C2=C(Nc3ccccc3N2)OC1c1ccc(Cl)cc1. The van der Waals surface area contributed by atoms with Gasteiger partial charge in [0, 0.05) is 10.6 Å². The Kier molecular flexibility index (Phi) is 2.65. The van der Waals surface area contributed by atoms with Crippen LogP contribution in [-0.4, -0.2) is 5.78 Å². The first-order chi connectivity index (χ1) is 10.2. The minimum Gasteiger partial charge on any atom is -0.461 e. The molecule has 0 amide bonds. The van der Waals surface area contributed by atoms with E-state index in [1.165, 1.54) is 0 Å². The molecule has 4 rings (SSSR count). The number of Topliss-reactive ketones (excluding diaryl/α,β-unsaturated/α-hetero) is 1. The summed E-state index contributed by atoms with van der Waals surface area (Å²) in [7, 11) is 0. The average molecular weight is 299 g/mol. The summed E-state index contributed by atoms with van der Waals surface area (Å²) in [6, 6.07) is 14.8. The largest absolute Gasteiger partial charge is 0.461 e. The van der Waals surface area contributed by atoms with Crippen molar-refractivity contribution in [1.82, 2.24) is 0 Å². The zero-order valence-corrected chi connectivity index (χ0v) is 11.6. The molecule has 4 nitrogen and oxygen atoms in total. The second-order valence-corrected chi connectivity index (χ2v) is 5.35. The van der Waals surface area contributed by atoms with E-state index >= 15 is 0 Å². The van der Waals surface area contributed by atoms with Crippen molar-refractivity contribution in [3.8, 4) is 0 Å². The minimum absolute atomic E-state index is 0.0886. The summed E-state index contributed by atoms with van der Waals surface area (Å²) < 4.78 is 5.77. The first kappa shape index (κ1) is 12.3. The summed E-state index contributed by atoms with van der Waals surface area (Å²) in [5.74, 6) is 0.382. The van der Waals surface area contributed by atoms with E-state index in [0.717, 1.165) is 16.9 Å². The molecule has 0 aliphatic carbocycles. The summed E-state index contributed by atoms with van der Waals surface area (Å²) in [5.41, 5.74) is 3.01. The van der Waals surface area contributed by atoms with Crippen molar-refractivity contribution < 1.29 is 9.53 Å². The second kappa shape index (κ2) is 4.53. The van der Waals surface area contributed by atoms with Crippen LogP contribution in [0.2, 0.25) is 5.02 Å². The van der Waals surface area contributed by atoms with Gasteiger partial charge in [0.2, 0.25) is 11.7 Å². The average Bonchev–Trinajstić information content (AvgIpc) is 2.82. The predicted molar refractivity (Wildman–Crippen MR) is 81.0 cm³/mol. The molecule has 1 unspecified atom stereocenters. The van der Waals surface area contributed by atoms with Crippen molar-refractivity contribution in [3.63, 3.8) is 0 Å². The first-order valence-electron chi connectivity index (χ1n) is 6.56. The molecule has 0 saturated carbocycles. The maximum absolute atomic E-state index is 12.5. The van der Waals surface area contributed by atoms with Gasteiger partial charge >= 0.3 is 0 Å². The van der Waals surface area contributed by atoms with Crippen LogP contribution in [0.1, 0.15) is 11.7 Å². The molecule has 21 heavy (non-hydrogen) atoms. The Bertz CT molecular complexity index is 768. The van der Waals surface area contributed by atoms with Crippen LogP contribution in [0.3, 0.4) is 0 Å². The number of carbonyl (C=O) groups excluding carboxylic acids is 1. The van der Waals surface area contributed by atoms with Gasteiger partial charge in [-0.2, -0.15) is 0 Å². The number of carbonyl (C=O) groups is 1. The first-order valence-corrected chi connectivity index (χ1v) is 6.94. The number of ether oxygens (including phenoxy) is 1. The van der Waals surface area contributed by atoms with Gasteiger partial charge in [0.1, 0.15) is 5.70 Å². The van der Waals surface area contributed by atoms with Gasteiger partial charge < -0.3 is 15.4 Å². The topological polar surface area (TPSA) is 50.4 Å². The molecule has 2 aromatic carbocycles. The molecule has 2 heterocycles. The smallest absolute Gasteiger partial charge is 0.229 e. The lowest BCUT2D eigenvalue weighted by Gasteiger charge is -2.19. The van der Waals surface area contributed by atoms with Crippen molar-refractivity contribution >= 4 is 28.8 Å². The van der Waals surface area contributed by atoms with E-state index in [1.54, 1.807) is 24.3 Å². The van der Waals surface area contributed by atoms with Crippen LogP contribution in [0, 0.1) is 0 Å². The quantitative estimate of drug-likeness (QED) is 0.843. The highest BCUT2D eigenvalue weighted by molar-refractivity contribution is 6.30. The molecule has 5 heteroatoms. The third-order valence-corrected chi connectivity index (χ3v) is 3.81. The standard InChI is InChI=1S/C16H11ClN2O2/c17-10-7-5-9(6-8-10)15-14(20)13-16(21-15)19-12-4-2-1-3-11(12)18-13/h1-8,15,18-19H. The Hall–Kier alpha value is -2.46. The number of hydrogen-bond acceptors (Lipinski definition) is 4. The third-order valence-electron chi connectivity index (χ3n) is 3.55. The summed E-state index contributed by atoms with van der Waals surface area (Å²) in [6.07, 6.45) is -0.637. The highest BCUT2D eigenvalue weighted by atomic mass is 35.5. The van der Waals surface area contributed by atoms with Crippen molar-refractivity contribution in [2.24, 2.45) is 0 Å². The zero-order chi connectivity index (χ0) is 14.4. The van der Waals surface area contributed by atoms with Gasteiger partial charge in [-0.25, -0.2) is 0 Å². The highest BCUT2D eigenvalue weighted by Crippen LogP contribution is 2.39. The Morgan fingerprint density at radius 3 is 2.33 bits per heavy atom. The molecular formula is C16H11ClN2O2. The van der Waals surface area contributed by atoms with E-state index in [0.29, 0.717) is 16.6 Å². The Labute approximate surface area is 126 Å². The maximum atomic E-state index is 12.5. The van der Waals surface area contributed by atoms with Crippen molar-refractivity contribution in [3.05, 3.63) is 70.7 Å². The van der Waals surface area contributed by atoms with Crippen LogP contribution in [0.4, 0.5) is 11.4 Å². The molecular weight excluding hydrogens is 288 g/mol. The second-order valence-electron chi connectivity index (χ2n) is 4.91. The van der Waals surface area contributed by atoms with Gasteiger partial charge in [-0.1, -0.05) is 35.9 Å². The molecule has 0 aromatic heterocycles. The van der Waals surface area contributed by atoms with Gasteiger partial charge in [-0.3, -0.25) is 4.79 Å². The van der Waals surface area contributed by atoms with Gasteiger partial charge in [0.15, 0.2) is 6.10 Å². The normalized spacial score (nSPS) is 19.3. The number of para-hydroxylation sites is 2. The van der Waals surface area contributed by atoms with Gasteiger partial charge in [-0.15, -0.1) is 0 Å². The fourth-order valence-corrected chi connectivity index (χ4v) is 2.62. The van der Waals surface area contributed by atoms with E-state index in [9.17, 15) is 4.79 Å². The maximum Gasteiger partial charge on any atom is 0.229 e. The van der Waals surface area contributed by atoms with Crippen LogP contribution in [0.25, 0.3) is 0 Å². The van der Waals surface area contributed by atoms with E-state index in [-0.39, 0.29) is 5.78 Å². The molecule has 0 spiro atoms. The fourth-order valence-electron chi connectivity index (χ4n) is 2.50. The van der Waals surface area contributed by atoms with Crippen LogP contribution in [-0.2, 0) is 9.53 Å². The zero-order valence-electron chi connectivity index (χ0n) is 10.9. The van der Waals surface area contributed by atoms with Crippen molar-refractivity contribution in [2.75, 3.05) is 10.6 Å². The van der Waals surface area contributed by atoms with Crippen LogP contribution < -0.4 is 10.6 Å². The third kappa shape index (κ3) is 1.96. The Balaban J connectivity index is 1.66. The number of anilines is 2.